The van der Waals surface area contributed by atoms with Gasteiger partial charge in [0.2, 0.25) is 0 Å². The molecule has 0 radical (unpaired) electrons. The van der Waals surface area contributed by atoms with E-state index in [4.69, 9.17) is 34.8 Å². The molecule has 0 bridgehead atoms. The van der Waals surface area contributed by atoms with Crippen LogP contribution in [0.4, 0.5) is 0 Å². The van der Waals surface area contributed by atoms with E-state index in [1.807, 2.05) is 30.3 Å². The molecular weight excluding hydrogens is 270 g/mol. The summed E-state index contributed by atoms with van der Waals surface area (Å²) in [4.78, 5) is 0. The lowest BCUT2D eigenvalue weighted by molar-refractivity contribution is 1.66. The number of benzene rings is 1. The number of halogens is 4. The molecule has 0 aromatic heterocycles. The summed E-state index contributed by atoms with van der Waals surface area (Å²) in [5, 5.41) is 0. The number of hydrogen-bond donors (Lipinski definition) is 0. The highest BCUT2D eigenvalue weighted by Crippen LogP contribution is 2.05. The molecule has 0 aliphatic carbocycles. The zero-order valence-electron chi connectivity index (χ0n) is 5.48. The maximum absolute atomic E-state index is 4.81. The van der Waals surface area contributed by atoms with E-state index in [1.165, 1.54) is 0 Å². The van der Waals surface area contributed by atoms with Gasteiger partial charge in [0.05, 0.1) is 0 Å². The number of rotatable bonds is 0. The minimum Gasteiger partial charge on any atom is -0.0874 e. The van der Waals surface area contributed by atoms with Gasteiger partial charge in [-0.15, -0.1) is 0 Å². The van der Waals surface area contributed by atoms with Crippen LogP contribution < -0.4 is 0 Å². The van der Waals surface area contributed by atoms with Crippen molar-refractivity contribution in [3.63, 3.8) is 0 Å². The molecule has 4 heteroatoms. The third-order valence-corrected chi connectivity index (χ3v) is 1.26. The Morgan fingerprint density at radius 3 is 1.55 bits per heavy atom. The summed E-state index contributed by atoms with van der Waals surface area (Å²) < 4.78 is 0.384. The summed E-state index contributed by atoms with van der Waals surface area (Å²) in [5.41, 5.74) is 0. The quantitative estimate of drug-likeness (QED) is 0.615. The Balaban J connectivity index is 0.000000218. The van der Waals surface area contributed by atoms with Crippen molar-refractivity contribution in [2.45, 2.75) is 4.30 Å². The van der Waals surface area contributed by atoms with Crippen LogP contribution in [0.15, 0.2) is 34.8 Å². The van der Waals surface area contributed by atoms with Gasteiger partial charge in [-0.2, -0.15) is 0 Å². The van der Waals surface area contributed by atoms with Gasteiger partial charge in [-0.1, -0.05) is 68.9 Å². The second-order valence-corrected chi connectivity index (χ2v) is 4.44. The summed E-state index contributed by atoms with van der Waals surface area (Å²) in [6, 6.07) is 9.97. The van der Waals surface area contributed by atoms with E-state index in [-0.39, 0.29) is 0 Å². The smallest absolute Gasteiger partial charge is 0.0874 e. The molecule has 0 atom stereocenters. The first-order valence-electron chi connectivity index (χ1n) is 2.75. The van der Waals surface area contributed by atoms with E-state index in [0.717, 1.165) is 4.47 Å². The van der Waals surface area contributed by atoms with Crippen molar-refractivity contribution in [3.05, 3.63) is 34.8 Å². The summed E-state index contributed by atoms with van der Waals surface area (Å²) in [7, 11) is 0. The Kier molecular flexibility index (Phi) is 7.61. The Bertz CT molecular complexity index is 174. The first-order valence-corrected chi connectivity index (χ1v) is 4.86. The minimum atomic E-state index is -0.750. The van der Waals surface area contributed by atoms with Gasteiger partial charge < -0.3 is 0 Å². The van der Waals surface area contributed by atoms with Gasteiger partial charge in [0, 0.05) is 4.47 Å². The van der Waals surface area contributed by atoms with Crippen molar-refractivity contribution >= 4 is 50.7 Å². The molecule has 1 aromatic carbocycles. The Hall–Kier alpha value is 0.570. The molecule has 1 aromatic rings. The summed E-state index contributed by atoms with van der Waals surface area (Å²) >= 11 is 17.7. The third-order valence-electron chi connectivity index (χ3n) is 0.733. The number of alkyl halides is 3. The fourth-order valence-electron chi connectivity index (χ4n) is 0.415. The third kappa shape index (κ3) is 10.6. The molecule has 1 rings (SSSR count). The van der Waals surface area contributed by atoms with Crippen LogP contribution >= 0.6 is 50.7 Å². The zero-order valence-corrected chi connectivity index (χ0v) is 9.33. The van der Waals surface area contributed by atoms with Crippen LogP contribution in [-0.2, 0) is 0 Å². The molecule has 0 spiro atoms. The van der Waals surface area contributed by atoms with Gasteiger partial charge in [-0.3, -0.25) is 0 Å². The van der Waals surface area contributed by atoms with Gasteiger partial charge in [-0.25, -0.2) is 0 Å². The average Bonchev–Trinajstić information content (AvgIpc) is 1.87. The van der Waals surface area contributed by atoms with Crippen molar-refractivity contribution in [3.8, 4) is 0 Å². The van der Waals surface area contributed by atoms with E-state index in [9.17, 15) is 0 Å². The molecule has 0 N–H and O–H groups in total. The lowest BCUT2D eigenvalue weighted by atomic mass is 10.4. The number of hydrogen-bond acceptors (Lipinski definition) is 0. The van der Waals surface area contributed by atoms with E-state index >= 15 is 0 Å². The topological polar surface area (TPSA) is 0 Å². The SMILES string of the molecule is Brc1ccccc1.ClC(Cl)Cl. The van der Waals surface area contributed by atoms with Crippen LogP contribution in [0.3, 0.4) is 0 Å². The van der Waals surface area contributed by atoms with E-state index in [2.05, 4.69) is 15.9 Å². The van der Waals surface area contributed by atoms with Gasteiger partial charge in [0.15, 0.2) is 4.30 Å². The molecule has 0 unspecified atom stereocenters. The lowest BCUT2D eigenvalue weighted by Gasteiger charge is -1.80. The van der Waals surface area contributed by atoms with Gasteiger partial charge in [-0.05, 0) is 12.1 Å². The highest BCUT2D eigenvalue weighted by Gasteiger charge is 1.79. The molecule has 0 saturated heterocycles. The Morgan fingerprint density at radius 2 is 1.36 bits per heavy atom. The van der Waals surface area contributed by atoms with Crippen LogP contribution in [0.5, 0.6) is 0 Å². The molecule has 0 aliphatic rings. The largest absolute Gasteiger partial charge is 0.180 e. The van der Waals surface area contributed by atoms with Crippen molar-refractivity contribution in [2.75, 3.05) is 0 Å². The molecule has 0 heterocycles. The highest BCUT2D eigenvalue weighted by molar-refractivity contribution is 9.10. The van der Waals surface area contributed by atoms with Crippen molar-refractivity contribution in [2.24, 2.45) is 0 Å². The molecular formula is C7H6BrCl3. The summed E-state index contributed by atoms with van der Waals surface area (Å²) in [6.45, 7) is 0. The maximum Gasteiger partial charge on any atom is 0.180 e. The molecule has 11 heavy (non-hydrogen) atoms. The average molecular weight is 276 g/mol. The maximum atomic E-state index is 4.81. The fourth-order valence-corrected chi connectivity index (χ4v) is 0.720. The standard InChI is InChI=1S/C6H5Br.CHCl3/c7-6-4-2-1-3-5-6;2-1(3)4/h1-5H;1H. The Labute approximate surface area is 89.6 Å². The predicted octanol–water partition coefficient (Wildman–Crippen LogP) is 4.44. The monoisotopic (exact) mass is 274 g/mol. The zero-order chi connectivity index (χ0) is 8.69. The molecule has 62 valence electrons. The van der Waals surface area contributed by atoms with Gasteiger partial charge >= 0.3 is 0 Å². The van der Waals surface area contributed by atoms with Crippen LogP contribution in [0.1, 0.15) is 0 Å². The molecule has 0 amide bonds. The summed E-state index contributed by atoms with van der Waals surface area (Å²) in [5.74, 6) is 0. The fraction of sp³-hybridized carbons (Fsp3) is 0.143. The van der Waals surface area contributed by atoms with Gasteiger partial charge in [0.1, 0.15) is 0 Å². The second kappa shape index (κ2) is 7.23. The predicted molar refractivity (Wildman–Crippen MR) is 55.5 cm³/mol. The highest BCUT2D eigenvalue weighted by atomic mass is 79.9. The van der Waals surface area contributed by atoms with Crippen molar-refractivity contribution < 1.29 is 0 Å². The van der Waals surface area contributed by atoms with E-state index in [1.54, 1.807) is 0 Å². The normalized spacial score (nSPS) is 8.82. The minimum absolute atomic E-state index is 0.750. The van der Waals surface area contributed by atoms with E-state index in [0.29, 0.717) is 0 Å². The van der Waals surface area contributed by atoms with Crippen LogP contribution in [0, 0.1) is 0 Å². The van der Waals surface area contributed by atoms with Crippen LogP contribution in [0.25, 0.3) is 0 Å². The van der Waals surface area contributed by atoms with E-state index < -0.39 is 4.30 Å². The first kappa shape index (κ1) is 11.6. The summed E-state index contributed by atoms with van der Waals surface area (Å²) in [6.07, 6.45) is 0. The van der Waals surface area contributed by atoms with Crippen molar-refractivity contribution in [1.29, 1.82) is 0 Å². The molecule has 0 aliphatic heterocycles. The van der Waals surface area contributed by atoms with Crippen molar-refractivity contribution in [1.82, 2.24) is 0 Å². The van der Waals surface area contributed by atoms with Gasteiger partial charge in [0.25, 0.3) is 0 Å². The second-order valence-electron chi connectivity index (χ2n) is 1.54. The molecule has 0 saturated carbocycles. The molecule has 0 nitrogen and oxygen atoms in total. The van der Waals surface area contributed by atoms with Crippen LogP contribution in [0.2, 0.25) is 0 Å². The van der Waals surface area contributed by atoms with Crippen LogP contribution in [-0.4, -0.2) is 4.30 Å². The Morgan fingerprint density at radius 1 is 1.00 bits per heavy atom. The molecule has 0 fully saturated rings. The first-order chi connectivity index (χ1) is 5.13. The lowest BCUT2D eigenvalue weighted by Crippen LogP contribution is -1.55.